The van der Waals surface area contributed by atoms with E-state index in [0.717, 1.165) is 0 Å². The Morgan fingerprint density at radius 1 is 1.07 bits per heavy atom. The fourth-order valence-corrected chi connectivity index (χ4v) is 2.45. The molecule has 0 fully saturated rings. The second-order valence-electron chi connectivity index (χ2n) is 5.61. The van der Waals surface area contributed by atoms with Crippen LogP contribution in [-0.4, -0.2) is 40.8 Å². The number of carbonyl (C=O) groups excluding carboxylic acids is 2. The van der Waals surface area contributed by atoms with Crippen LogP contribution in [0, 0.1) is 5.82 Å². The molecule has 1 amide bonds. The number of carbonyl (C=O) groups is 3. The molecule has 0 spiro atoms. The highest BCUT2D eigenvalue weighted by Crippen LogP contribution is 2.18. The highest BCUT2D eigenvalue weighted by molar-refractivity contribution is 6.36. The normalized spacial score (nSPS) is 10.3. The van der Waals surface area contributed by atoms with Gasteiger partial charge in [0.2, 0.25) is 11.7 Å². The van der Waals surface area contributed by atoms with Crippen molar-refractivity contribution in [3.8, 4) is 5.75 Å². The van der Waals surface area contributed by atoms with Gasteiger partial charge in [0.15, 0.2) is 0 Å². The summed E-state index contributed by atoms with van der Waals surface area (Å²) >= 11 is 6.11. The van der Waals surface area contributed by atoms with Crippen molar-refractivity contribution in [3.05, 3.63) is 64.9 Å². The second kappa shape index (κ2) is 9.68. The van der Waals surface area contributed by atoms with E-state index in [-0.39, 0.29) is 19.7 Å². The molecule has 0 aliphatic heterocycles. The molecule has 2 aromatic carbocycles. The molecule has 1 N–H and O–H groups in total. The molecular formula is C19H17ClFNO5. The zero-order valence-corrected chi connectivity index (χ0v) is 15.0. The Kier molecular flexibility index (Phi) is 7.31. The highest BCUT2D eigenvalue weighted by Gasteiger charge is 2.22. The van der Waals surface area contributed by atoms with Crippen molar-refractivity contribution < 1.29 is 28.6 Å². The van der Waals surface area contributed by atoms with E-state index < -0.39 is 29.9 Å². The summed E-state index contributed by atoms with van der Waals surface area (Å²) in [6, 6.07) is 12.3. The Hall–Kier alpha value is -2.93. The molecule has 0 aliphatic rings. The molecule has 6 nitrogen and oxygen atoms in total. The summed E-state index contributed by atoms with van der Waals surface area (Å²) in [5.74, 6) is -3.48. The van der Waals surface area contributed by atoms with Crippen LogP contribution in [0.3, 0.4) is 0 Å². The first-order chi connectivity index (χ1) is 12.9. The number of ether oxygens (including phenoxy) is 1. The highest BCUT2D eigenvalue weighted by atomic mass is 35.5. The third-order valence-electron chi connectivity index (χ3n) is 3.67. The number of carboxylic acids is 1. The first-order valence-corrected chi connectivity index (χ1v) is 8.40. The molecule has 27 heavy (non-hydrogen) atoms. The number of nitrogens with zero attached hydrogens (tertiary/aromatic N) is 1. The monoisotopic (exact) mass is 393 g/mol. The molecule has 142 valence electrons. The Morgan fingerprint density at radius 2 is 1.74 bits per heavy atom. The molecule has 0 saturated carbocycles. The van der Waals surface area contributed by atoms with Gasteiger partial charge in [0.1, 0.15) is 18.2 Å². The number of benzene rings is 2. The van der Waals surface area contributed by atoms with Crippen molar-refractivity contribution in [2.75, 3.05) is 13.2 Å². The van der Waals surface area contributed by atoms with Crippen LogP contribution in [0.1, 0.15) is 12.0 Å². The van der Waals surface area contributed by atoms with Gasteiger partial charge in [-0.2, -0.15) is 0 Å². The number of hydrogen-bond donors (Lipinski definition) is 1. The van der Waals surface area contributed by atoms with Crippen LogP contribution >= 0.6 is 11.6 Å². The van der Waals surface area contributed by atoms with Gasteiger partial charge < -0.3 is 14.7 Å². The zero-order valence-electron chi connectivity index (χ0n) is 14.2. The molecule has 0 saturated heterocycles. The van der Waals surface area contributed by atoms with Crippen LogP contribution < -0.4 is 4.74 Å². The molecule has 2 rings (SSSR count). The van der Waals surface area contributed by atoms with Crippen LogP contribution in [0.4, 0.5) is 4.39 Å². The topological polar surface area (TPSA) is 83.9 Å². The third kappa shape index (κ3) is 6.38. The van der Waals surface area contributed by atoms with Gasteiger partial charge in [0.25, 0.3) is 0 Å². The van der Waals surface area contributed by atoms with Crippen LogP contribution in [-0.2, 0) is 20.9 Å². The molecule has 0 aliphatic carbocycles. The number of aliphatic carboxylic acids is 1. The number of halogens is 2. The van der Waals surface area contributed by atoms with Crippen molar-refractivity contribution >= 4 is 29.3 Å². The van der Waals surface area contributed by atoms with Gasteiger partial charge in [-0.3, -0.25) is 9.59 Å². The van der Waals surface area contributed by atoms with Crippen LogP contribution in [0.15, 0.2) is 48.5 Å². The lowest BCUT2D eigenvalue weighted by Gasteiger charge is -2.23. The van der Waals surface area contributed by atoms with E-state index in [1.165, 1.54) is 29.2 Å². The minimum Gasteiger partial charge on any atom is -0.492 e. The number of ketones is 1. The molecule has 0 atom stereocenters. The lowest BCUT2D eigenvalue weighted by molar-refractivity contribution is -0.151. The number of rotatable bonds is 9. The maximum atomic E-state index is 12.9. The minimum absolute atomic E-state index is 0.0725. The molecule has 0 radical (unpaired) electrons. The summed E-state index contributed by atoms with van der Waals surface area (Å²) in [7, 11) is 0. The largest absolute Gasteiger partial charge is 0.492 e. The van der Waals surface area contributed by atoms with Crippen molar-refractivity contribution in [2.45, 2.75) is 13.0 Å². The Balaban J connectivity index is 2.04. The quantitative estimate of drug-likeness (QED) is 0.523. The first-order valence-electron chi connectivity index (χ1n) is 8.02. The first kappa shape index (κ1) is 20.4. The molecule has 0 aromatic heterocycles. The van der Waals surface area contributed by atoms with E-state index in [2.05, 4.69) is 0 Å². The van der Waals surface area contributed by atoms with Gasteiger partial charge in [-0.1, -0.05) is 29.8 Å². The summed E-state index contributed by atoms with van der Waals surface area (Å²) in [4.78, 5) is 35.7. The molecular weight excluding hydrogens is 377 g/mol. The maximum Gasteiger partial charge on any atom is 0.372 e. The summed E-state index contributed by atoms with van der Waals surface area (Å²) < 4.78 is 18.4. The SMILES string of the molecule is O=C(O)C(=O)CC(=O)N(CCOc1ccc(F)cc1)Cc1ccccc1Cl. The van der Waals surface area contributed by atoms with E-state index in [9.17, 15) is 18.8 Å². The maximum absolute atomic E-state index is 12.9. The fourth-order valence-electron chi connectivity index (χ4n) is 2.25. The summed E-state index contributed by atoms with van der Waals surface area (Å²) in [6.45, 7) is 0.260. The van der Waals surface area contributed by atoms with E-state index in [1.54, 1.807) is 24.3 Å². The van der Waals surface area contributed by atoms with Gasteiger partial charge >= 0.3 is 5.97 Å². The van der Waals surface area contributed by atoms with Crippen molar-refractivity contribution in [1.82, 2.24) is 4.90 Å². The molecule has 0 heterocycles. The summed E-state index contributed by atoms with van der Waals surface area (Å²) in [6.07, 6.45) is -0.754. The van der Waals surface area contributed by atoms with Crippen molar-refractivity contribution in [3.63, 3.8) is 0 Å². The van der Waals surface area contributed by atoms with E-state index in [0.29, 0.717) is 16.3 Å². The zero-order chi connectivity index (χ0) is 19.8. The standard InChI is InChI=1S/C19H17ClFNO5/c20-16-4-2-1-3-13(16)12-22(18(24)11-17(23)19(25)26)9-10-27-15-7-5-14(21)6-8-15/h1-8H,9-12H2,(H,25,26). The van der Waals surface area contributed by atoms with Crippen LogP contribution in [0.2, 0.25) is 5.02 Å². The smallest absolute Gasteiger partial charge is 0.372 e. The predicted octanol–water partition coefficient (Wildman–Crippen LogP) is 2.93. The van der Waals surface area contributed by atoms with Crippen molar-refractivity contribution in [1.29, 1.82) is 0 Å². The van der Waals surface area contributed by atoms with Gasteiger partial charge in [0, 0.05) is 11.6 Å². The van der Waals surface area contributed by atoms with Gasteiger partial charge in [0.05, 0.1) is 13.0 Å². The van der Waals surface area contributed by atoms with E-state index >= 15 is 0 Å². The van der Waals surface area contributed by atoms with Gasteiger partial charge in [-0.15, -0.1) is 0 Å². The summed E-state index contributed by atoms with van der Waals surface area (Å²) in [5, 5.41) is 9.14. The minimum atomic E-state index is -1.66. The molecule has 0 unspecified atom stereocenters. The average molecular weight is 394 g/mol. The fraction of sp³-hybridized carbons (Fsp3) is 0.211. The van der Waals surface area contributed by atoms with Gasteiger partial charge in [-0.05, 0) is 35.9 Å². The lowest BCUT2D eigenvalue weighted by atomic mass is 10.2. The Bertz CT molecular complexity index is 825. The number of amides is 1. The lowest BCUT2D eigenvalue weighted by Crippen LogP contribution is -2.36. The Labute approximate surface area is 160 Å². The van der Waals surface area contributed by atoms with E-state index in [4.69, 9.17) is 21.4 Å². The van der Waals surface area contributed by atoms with Gasteiger partial charge in [-0.25, -0.2) is 9.18 Å². The van der Waals surface area contributed by atoms with E-state index in [1.807, 2.05) is 0 Å². The van der Waals surface area contributed by atoms with Crippen LogP contribution in [0.25, 0.3) is 0 Å². The second-order valence-corrected chi connectivity index (χ2v) is 6.02. The van der Waals surface area contributed by atoms with Crippen LogP contribution in [0.5, 0.6) is 5.75 Å². The van der Waals surface area contributed by atoms with Crippen molar-refractivity contribution in [2.24, 2.45) is 0 Å². The summed E-state index contributed by atoms with van der Waals surface area (Å²) in [5.41, 5.74) is 0.650. The molecule has 2 aromatic rings. The third-order valence-corrected chi connectivity index (χ3v) is 4.03. The molecule has 0 bridgehead atoms. The Morgan fingerprint density at radius 3 is 2.37 bits per heavy atom. The number of Topliss-reactive ketones (excluding diaryl/α,β-unsaturated/α-hetero) is 1. The predicted molar refractivity (Wildman–Crippen MR) is 96.0 cm³/mol. The average Bonchev–Trinajstić information content (AvgIpc) is 2.63. The number of carboxylic acid groups (broad SMARTS) is 1. The molecule has 8 heteroatoms. The number of hydrogen-bond acceptors (Lipinski definition) is 4.